The van der Waals surface area contributed by atoms with Crippen LogP contribution in [0, 0.1) is 11.8 Å². The van der Waals surface area contributed by atoms with Gasteiger partial charge in [-0.2, -0.15) is 0 Å². The van der Waals surface area contributed by atoms with Gasteiger partial charge in [-0.25, -0.2) is 0 Å². The average Bonchev–Trinajstić information content (AvgIpc) is 2.44. The second-order valence-electron chi connectivity index (χ2n) is 6.26. The van der Waals surface area contributed by atoms with Gasteiger partial charge in [0, 0.05) is 6.61 Å². The summed E-state index contributed by atoms with van der Waals surface area (Å²) >= 11 is 0. The van der Waals surface area contributed by atoms with Gasteiger partial charge in [-0.1, -0.05) is 78.6 Å². The molecule has 0 saturated carbocycles. The van der Waals surface area contributed by atoms with E-state index in [4.69, 9.17) is 5.11 Å². The molecule has 0 aliphatic heterocycles. The van der Waals surface area contributed by atoms with E-state index in [9.17, 15) is 0 Å². The van der Waals surface area contributed by atoms with Gasteiger partial charge in [0.2, 0.25) is 0 Å². The van der Waals surface area contributed by atoms with Crippen LogP contribution in [0.5, 0.6) is 0 Å². The fourth-order valence-corrected chi connectivity index (χ4v) is 3.09. The zero-order valence-electron chi connectivity index (χ0n) is 13.8. The van der Waals surface area contributed by atoms with Gasteiger partial charge in [-0.3, -0.25) is 0 Å². The molecule has 0 aliphatic carbocycles. The number of aliphatic hydroxyl groups is 1. The van der Waals surface area contributed by atoms with Crippen molar-refractivity contribution >= 4 is 0 Å². The monoisotopic (exact) mass is 270 g/mol. The normalized spacial score (nSPS) is 13.1. The lowest BCUT2D eigenvalue weighted by atomic mass is 9.83. The van der Waals surface area contributed by atoms with Crippen LogP contribution in [0.2, 0.25) is 0 Å². The summed E-state index contributed by atoms with van der Waals surface area (Å²) in [6.45, 7) is 7.26. The Morgan fingerprint density at radius 2 is 1.00 bits per heavy atom. The summed E-state index contributed by atoms with van der Waals surface area (Å²) in [6, 6.07) is 0. The Morgan fingerprint density at radius 3 is 1.32 bits per heavy atom. The second-order valence-corrected chi connectivity index (χ2v) is 6.26. The number of aliphatic hydroxyl groups excluding tert-OH is 1. The highest BCUT2D eigenvalue weighted by atomic mass is 16.2. The van der Waals surface area contributed by atoms with Crippen molar-refractivity contribution in [2.45, 2.75) is 97.8 Å². The van der Waals surface area contributed by atoms with E-state index in [1.165, 1.54) is 70.6 Å². The van der Waals surface area contributed by atoms with Crippen molar-refractivity contribution in [3.8, 4) is 0 Å². The molecule has 1 N–H and O–H groups in total. The standard InChI is InChI=1S/C18H38O/c1-4-7-11-17(12-8-5-2)16-18(13-9-6-3)14-10-15-19/h17-19H,4-16H2,1-3H3. The molecule has 0 aromatic heterocycles. The Bertz CT molecular complexity index is 133. The highest BCUT2D eigenvalue weighted by molar-refractivity contribution is 4.68. The van der Waals surface area contributed by atoms with Crippen molar-refractivity contribution in [1.29, 1.82) is 0 Å². The van der Waals surface area contributed by atoms with Crippen molar-refractivity contribution in [3.05, 3.63) is 0 Å². The molecule has 0 heterocycles. The molecule has 0 amide bonds. The molecule has 1 nitrogen and oxygen atoms in total. The fraction of sp³-hybridized carbons (Fsp3) is 1.00. The van der Waals surface area contributed by atoms with E-state index in [2.05, 4.69) is 20.8 Å². The lowest BCUT2D eigenvalue weighted by Crippen LogP contribution is -2.11. The zero-order valence-corrected chi connectivity index (χ0v) is 13.8. The second kappa shape index (κ2) is 14.4. The fourth-order valence-electron chi connectivity index (χ4n) is 3.09. The molecule has 0 aromatic rings. The molecular weight excluding hydrogens is 232 g/mol. The van der Waals surface area contributed by atoms with Gasteiger partial charge < -0.3 is 5.11 Å². The average molecular weight is 271 g/mol. The Labute approximate surface area is 122 Å². The first kappa shape index (κ1) is 19.0. The summed E-state index contributed by atoms with van der Waals surface area (Å²) in [7, 11) is 0. The zero-order chi connectivity index (χ0) is 14.3. The molecule has 1 unspecified atom stereocenters. The van der Waals surface area contributed by atoms with Crippen LogP contribution in [0.15, 0.2) is 0 Å². The molecule has 0 bridgehead atoms. The minimum absolute atomic E-state index is 0.372. The van der Waals surface area contributed by atoms with E-state index in [0.29, 0.717) is 6.61 Å². The van der Waals surface area contributed by atoms with E-state index >= 15 is 0 Å². The van der Waals surface area contributed by atoms with Crippen LogP contribution in [0.1, 0.15) is 97.8 Å². The number of hydrogen-bond acceptors (Lipinski definition) is 1. The molecule has 0 aromatic carbocycles. The molecule has 1 atom stereocenters. The van der Waals surface area contributed by atoms with Gasteiger partial charge in [0.15, 0.2) is 0 Å². The Kier molecular flexibility index (Phi) is 14.3. The minimum Gasteiger partial charge on any atom is -0.396 e. The van der Waals surface area contributed by atoms with E-state index in [1.54, 1.807) is 0 Å². The first-order chi connectivity index (χ1) is 9.28. The smallest absolute Gasteiger partial charge is 0.0431 e. The van der Waals surface area contributed by atoms with E-state index < -0.39 is 0 Å². The highest BCUT2D eigenvalue weighted by Gasteiger charge is 2.15. The summed E-state index contributed by atoms with van der Waals surface area (Å²) in [5.74, 6) is 1.81. The molecule has 0 fully saturated rings. The van der Waals surface area contributed by atoms with Gasteiger partial charge in [-0.15, -0.1) is 0 Å². The Hall–Kier alpha value is -0.0400. The van der Waals surface area contributed by atoms with Crippen LogP contribution in [-0.2, 0) is 0 Å². The van der Waals surface area contributed by atoms with Gasteiger partial charge in [0.1, 0.15) is 0 Å². The predicted octanol–water partition coefficient (Wildman–Crippen LogP) is 5.95. The summed E-state index contributed by atoms with van der Waals surface area (Å²) in [5, 5.41) is 9.06. The number of rotatable bonds is 14. The van der Waals surface area contributed by atoms with Gasteiger partial charge in [0.25, 0.3) is 0 Å². The maximum atomic E-state index is 9.06. The first-order valence-electron chi connectivity index (χ1n) is 8.89. The molecule has 1 heteroatoms. The molecule has 0 aliphatic rings. The molecule has 0 radical (unpaired) electrons. The summed E-state index contributed by atoms with van der Waals surface area (Å²) in [4.78, 5) is 0. The van der Waals surface area contributed by atoms with Crippen LogP contribution < -0.4 is 0 Å². The van der Waals surface area contributed by atoms with Crippen LogP contribution in [-0.4, -0.2) is 11.7 Å². The van der Waals surface area contributed by atoms with Crippen molar-refractivity contribution in [1.82, 2.24) is 0 Å². The lowest BCUT2D eigenvalue weighted by molar-refractivity contribution is 0.244. The molecule has 0 rings (SSSR count). The number of unbranched alkanes of at least 4 members (excludes halogenated alkanes) is 3. The molecule has 116 valence electrons. The third kappa shape index (κ3) is 11.5. The molecular formula is C18H38O. The topological polar surface area (TPSA) is 20.2 Å². The first-order valence-corrected chi connectivity index (χ1v) is 8.89. The van der Waals surface area contributed by atoms with Crippen molar-refractivity contribution in [3.63, 3.8) is 0 Å². The van der Waals surface area contributed by atoms with Crippen LogP contribution in [0.25, 0.3) is 0 Å². The van der Waals surface area contributed by atoms with Gasteiger partial charge in [-0.05, 0) is 31.1 Å². The van der Waals surface area contributed by atoms with Crippen LogP contribution in [0.4, 0.5) is 0 Å². The molecule has 19 heavy (non-hydrogen) atoms. The van der Waals surface area contributed by atoms with E-state index in [1.807, 2.05) is 0 Å². The van der Waals surface area contributed by atoms with Crippen molar-refractivity contribution in [2.75, 3.05) is 6.61 Å². The Balaban J connectivity index is 4.16. The summed E-state index contributed by atoms with van der Waals surface area (Å²) in [6.07, 6.45) is 16.0. The van der Waals surface area contributed by atoms with Gasteiger partial charge >= 0.3 is 0 Å². The third-order valence-corrected chi connectivity index (χ3v) is 4.33. The Morgan fingerprint density at radius 1 is 0.632 bits per heavy atom. The van der Waals surface area contributed by atoms with Crippen molar-refractivity contribution < 1.29 is 5.11 Å². The largest absolute Gasteiger partial charge is 0.396 e. The molecule has 0 spiro atoms. The third-order valence-electron chi connectivity index (χ3n) is 4.33. The SMILES string of the molecule is CCCCC(CCCC)CC(CCCC)CCCO. The highest BCUT2D eigenvalue weighted by Crippen LogP contribution is 2.29. The summed E-state index contributed by atoms with van der Waals surface area (Å²) in [5.41, 5.74) is 0. The summed E-state index contributed by atoms with van der Waals surface area (Å²) < 4.78 is 0. The predicted molar refractivity (Wildman–Crippen MR) is 86.5 cm³/mol. The maximum absolute atomic E-state index is 9.06. The lowest BCUT2D eigenvalue weighted by Gasteiger charge is -2.23. The van der Waals surface area contributed by atoms with Crippen LogP contribution >= 0.6 is 0 Å². The molecule has 0 saturated heterocycles. The van der Waals surface area contributed by atoms with E-state index in [0.717, 1.165) is 18.3 Å². The number of hydrogen-bond donors (Lipinski definition) is 1. The maximum Gasteiger partial charge on any atom is 0.0431 e. The van der Waals surface area contributed by atoms with Crippen LogP contribution in [0.3, 0.4) is 0 Å². The van der Waals surface area contributed by atoms with Crippen molar-refractivity contribution in [2.24, 2.45) is 11.8 Å². The van der Waals surface area contributed by atoms with E-state index in [-0.39, 0.29) is 0 Å². The van der Waals surface area contributed by atoms with Gasteiger partial charge in [0.05, 0.1) is 0 Å². The quantitative estimate of drug-likeness (QED) is 0.413. The minimum atomic E-state index is 0.372.